The van der Waals surface area contributed by atoms with Crippen molar-refractivity contribution in [3.05, 3.63) is 24.3 Å². The van der Waals surface area contributed by atoms with Crippen molar-refractivity contribution in [3.63, 3.8) is 0 Å². The summed E-state index contributed by atoms with van der Waals surface area (Å²) >= 11 is 0. The zero-order chi connectivity index (χ0) is 19.6. The number of nitrogens with zero attached hydrogens (tertiary/aromatic N) is 2. The van der Waals surface area contributed by atoms with E-state index >= 15 is 0 Å². The van der Waals surface area contributed by atoms with E-state index in [2.05, 4.69) is 10.2 Å². The Bertz CT molecular complexity index is 750. The van der Waals surface area contributed by atoms with Gasteiger partial charge in [-0.1, -0.05) is 0 Å². The second kappa shape index (κ2) is 8.26. The number of sulfonamides is 1. The van der Waals surface area contributed by atoms with Gasteiger partial charge in [-0.25, -0.2) is 8.42 Å². The Kier molecular flexibility index (Phi) is 6.20. The maximum absolute atomic E-state index is 12.6. The van der Waals surface area contributed by atoms with Crippen LogP contribution in [0.15, 0.2) is 29.2 Å². The lowest BCUT2D eigenvalue weighted by Gasteiger charge is -2.38. The van der Waals surface area contributed by atoms with Gasteiger partial charge in [-0.15, -0.1) is 0 Å². The Morgan fingerprint density at radius 2 is 1.67 bits per heavy atom. The van der Waals surface area contributed by atoms with Gasteiger partial charge in [0.15, 0.2) is 0 Å². The van der Waals surface area contributed by atoms with E-state index in [4.69, 9.17) is 4.74 Å². The van der Waals surface area contributed by atoms with E-state index < -0.39 is 10.0 Å². The molecule has 2 fully saturated rings. The molecule has 1 aromatic carbocycles. The molecular formula is C19H29N3O4S. The Balaban J connectivity index is 1.63. The number of amides is 1. The third-order valence-corrected chi connectivity index (χ3v) is 7.11. The van der Waals surface area contributed by atoms with Gasteiger partial charge in [0.1, 0.15) is 0 Å². The smallest absolute Gasteiger partial charge is 0.243 e. The Morgan fingerprint density at radius 3 is 2.22 bits per heavy atom. The third-order valence-electron chi connectivity index (χ3n) is 5.20. The van der Waals surface area contributed by atoms with Gasteiger partial charge in [0.25, 0.3) is 0 Å². The summed E-state index contributed by atoms with van der Waals surface area (Å²) in [6.07, 6.45) is 2.01. The molecule has 1 N–H and O–H groups in total. The highest BCUT2D eigenvalue weighted by Gasteiger charge is 2.30. The molecule has 3 rings (SSSR count). The summed E-state index contributed by atoms with van der Waals surface area (Å²) < 4.78 is 32.4. The van der Waals surface area contributed by atoms with E-state index in [0.29, 0.717) is 31.9 Å². The Morgan fingerprint density at radius 1 is 1.11 bits per heavy atom. The quantitative estimate of drug-likeness (QED) is 0.824. The predicted molar refractivity (Wildman–Crippen MR) is 104 cm³/mol. The number of ether oxygens (including phenoxy) is 1. The second-order valence-corrected chi connectivity index (χ2v) is 9.45. The van der Waals surface area contributed by atoms with Crippen LogP contribution in [0.1, 0.15) is 33.6 Å². The molecule has 0 aromatic heterocycles. The standard InChI is InChI=1S/C19H29N3O4S/c1-14-12-21(13-15(2)26-14)16(3)19(23)20-17-6-8-18(9-7-17)27(24,25)22-10-4-5-11-22/h6-9,14-16H,4-5,10-13H2,1-3H3,(H,20,23)/t14-,15-,16-/m0/s1. The summed E-state index contributed by atoms with van der Waals surface area (Å²) in [7, 11) is -3.43. The van der Waals surface area contributed by atoms with Crippen LogP contribution in [0.5, 0.6) is 0 Å². The molecule has 3 atom stereocenters. The second-order valence-electron chi connectivity index (χ2n) is 7.51. The van der Waals surface area contributed by atoms with E-state index in [1.54, 1.807) is 24.3 Å². The number of nitrogens with one attached hydrogen (secondary N) is 1. The summed E-state index contributed by atoms with van der Waals surface area (Å²) in [5, 5.41) is 2.89. The maximum Gasteiger partial charge on any atom is 0.243 e. The minimum absolute atomic E-state index is 0.0964. The molecule has 7 nitrogen and oxygen atoms in total. The van der Waals surface area contributed by atoms with Crippen LogP contribution < -0.4 is 5.32 Å². The van der Waals surface area contributed by atoms with Crippen molar-refractivity contribution in [1.29, 1.82) is 0 Å². The SMILES string of the molecule is C[C@H]1CN([C@@H](C)C(=O)Nc2ccc(S(=O)(=O)N3CCCC3)cc2)C[C@H](C)O1. The van der Waals surface area contributed by atoms with E-state index in [0.717, 1.165) is 12.8 Å². The third kappa shape index (κ3) is 4.68. The molecule has 0 bridgehead atoms. The van der Waals surface area contributed by atoms with Crippen molar-refractivity contribution in [1.82, 2.24) is 9.21 Å². The van der Waals surface area contributed by atoms with Crippen molar-refractivity contribution in [2.24, 2.45) is 0 Å². The first-order chi connectivity index (χ1) is 12.8. The molecule has 2 saturated heterocycles. The molecule has 150 valence electrons. The van der Waals surface area contributed by atoms with E-state index in [-0.39, 0.29) is 29.1 Å². The molecule has 0 unspecified atom stereocenters. The fraction of sp³-hybridized carbons (Fsp3) is 0.632. The Hall–Kier alpha value is -1.48. The number of carbonyl (C=O) groups excluding carboxylic acids is 1. The lowest BCUT2D eigenvalue weighted by atomic mass is 10.1. The summed E-state index contributed by atoms with van der Waals surface area (Å²) in [5.74, 6) is -0.105. The minimum atomic E-state index is -3.43. The van der Waals surface area contributed by atoms with Crippen LogP contribution in [0.2, 0.25) is 0 Å². The average Bonchev–Trinajstić information content (AvgIpc) is 3.16. The fourth-order valence-electron chi connectivity index (χ4n) is 3.73. The van der Waals surface area contributed by atoms with Gasteiger partial charge in [-0.05, 0) is 57.9 Å². The van der Waals surface area contributed by atoms with Crippen LogP contribution in [0.25, 0.3) is 0 Å². The van der Waals surface area contributed by atoms with Gasteiger partial charge in [-0.2, -0.15) is 4.31 Å². The number of carbonyl (C=O) groups is 1. The predicted octanol–water partition coefficient (Wildman–Crippen LogP) is 1.91. The zero-order valence-corrected chi connectivity index (χ0v) is 17.0. The van der Waals surface area contributed by atoms with Gasteiger partial charge < -0.3 is 10.1 Å². The van der Waals surface area contributed by atoms with Crippen LogP contribution in [0.4, 0.5) is 5.69 Å². The first-order valence-electron chi connectivity index (χ1n) is 9.58. The molecule has 2 aliphatic heterocycles. The van der Waals surface area contributed by atoms with Crippen molar-refractivity contribution < 1.29 is 17.9 Å². The largest absolute Gasteiger partial charge is 0.373 e. The van der Waals surface area contributed by atoms with Crippen LogP contribution in [0.3, 0.4) is 0 Å². The molecule has 0 aliphatic carbocycles. The van der Waals surface area contributed by atoms with Gasteiger partial charge in [-0.3, -0.25) is 9.69 Å². The van der Waals surface area contributed by atoms with Crippen molar-refractivity contribution in [3.8, 4) is 0 Å². The van der Waals surface area contributed by atoms with E-state index in [1.807, 2.05) is 20.8 Å². The van der Waals surface area contributed by atoms with Crippen LogP contribution in [0, 0.1) is 0 Å². The molecule has 0 spiro atoms. The average molecular weight is 396 g/mol. The zero-order valence-electron chi connectivity index (χ0n) is 16.2. The highest BCUT2D eigenvalue weighted by atomic mass is 32.2. The first kappa shape index (κ1) is 20.3. The van der Waals surface area contributed by atoms with E-state index in [9.17, 15) is 13.2 Å². The maximum atomic E-state index is 12.6. The summed E-state index contributed by atoms with van der Waals surface area (Å²) in [6.45, 7) is 8.48. The number of anilines is 1. The summed E-state index contributed by atoms with van der Waals surface area (Å²) in [4.78, 5) is 15.0. The molecule has 0 radical (unpaired) electrons. The van der Waals surface area contributed by atoms with Crippen LogP contribution >= 0.6 is 0 Å². The lowest BCUT2D eigenvalue weighted by Crippen LogP contribution is -2.52. The van der Waals surface area contributed by atoms with Gasteiger partial charge in [0, 0.05) is 31.9 Å². The number of hydrogen-bond donors (Lipinski definition) is 1. The van der Waals surface area contributed by atoms with E-state index in [1.165, 1.54) is 4.31 Å². The van der Waals surface area contributed by atoms with Crippen molar-refractivity contribution in [2.45, 2.75) is 56.8 Å². The molecular weight excluding hydrogens is 366 g/mol. The highest BCUT2D eigenvalue weighted by molar-refractivity contribution is 7.89. The summed E-state index contributed by atoms with van der Waals surface area (Å²) in [6, 6.07) is 6.14. The van der Waals surface area contributed by atoms with Gasteiger partial charge in [0.2, 0.25) is 15.9 Å². The molecule has 27 heavy (non-hydrogen) atoms. The molecule has 2 aliphatic rings. The molecule has 0 saturated carbocycles. The first-order valence-corrected chi connectivity index (χ1v) is 11.0. The number of hydrogen-bond acceptors (Lipinski definition) is 5. The van der Waals surface area contributed by atoms with Crippen LogP contribution in [-0.4, -0.2) is 68.0 Å². The van der Waals surface area contributed by atoms with Gasteiger partial charge in [0.05, 0.1) is 23.1 Å². The molecule has 8 heteroatoms. The number of morpholine rings is 1. The fourth-order valence-corrected chi connectivity index (χ4v) is 5.25. The van der Waals surface area contributed by atoms with Crippen molar-refractivity contribution in [2.75, 3.05) is 31.5 Å². The number of benzene rings is 1. The minimum Gasteiger partial charge on any atom is -0.373 e. The molecule has 1 aromatic rings. The van der Waals surface area contributed by atoms with Crippen molar-refractivity contribution >= 4 is 21.6 Å². The Labute approximate surface area is 161 Å². The van der Waals surface area contributed by atoms with Gasteiger partial charge >= 0.3 is 0 Å². The monoisotopic (exact) mass is 395 g/mol. The lowest BCUT2D eigenvalue weighted by molar-refractivity contribution is -0.126. The normalized spacial score (nSPS) is 26.0. The number of rotatable bonds is 5. The molecule has 2 heterocycles. The van der Waals surface area contributed by atoms with Crippen LogP contribution in [-0.2, 0) is 19.6 Å². The highest BCUT2D eigenvalue weighted by Crippen LogP contribution is 2.22. The summed E-state index contributed by atoms with van der Waals surface area (Å²) in [5.41, 5.74) is 0.599. The topological polar surface area (TPSA) is 79.0 Å². The molecule has 1 amide bonds.